The Morgan fingerprint density at radius 2 is 1.60 bits per heavy atom. The lowest BCUT2D eigenvalue weighted by molar-refractivity contribution is -0.135. The third-order valence-corrected chi connectivity index (χ3v) is 15.5. The maximum Gasteiger partial charge on any atom is 0.261 e. The van der Waals surface area contributed by atoms with Crippen LogP contribution in [0, 0.1) is 28.6 Å². The van der Waals surface area contributed by atoms with Crippen LogP contribution >= 0.6 is 0 Å². The van der Waals surface area contributed by atoms with Gasteiger partial charge in [-0.1, -0.05) is 114 Å². The van der Waals surface area contributed by atoms with E-state index in [1.54, 1.807) is 6.08 Å². The molecule has 0 aliphatic heterocycles. The molecule has 0 heterocycles. The minimum absolute atomic E-state index is 0.0389. The van der Waals surface area contributed by atoms with Gasteiger partial charge in [0.2, 0.25) is 0 Å². The van der Waals surface area contributed by atoms with Crippen LogP contribution in [0.5, 0.6) is 0 Å². The highest BCUT2D eigenvalue weighted by molar-refractivity contribution is 6.99. The Kier molecular flexibility index (Phi) is 7.73. The molecule has 3 aliphatic rings. The number of rotatable bonds is 7. The van der Waals surface area contributed by atoms with E-state index >= 15 is 0 Å². The fourth-order valence-electron chi connectivity index (χ4n) is 8.35. The maximum atomic E-state index is 13.6. The molecule has 1 saturated carbocycles. The Labute approximate surface area is 242 Å². The first-order chi connectivity index (χ1) is 19.0. The number of benzene rings is 2. The van der Waals surface area contributed by atoms with E-state index in [4.69, 9.17) is 4.43 Å². The first kappa shape index (κ1) is 28.9. The number of carbonyl (C=O) groups excluding carboxylic acids is 2. The molecular formula is C36H46O3Si. The number of hydrogen-bond acceptors (Lipinski definition) is 3. The monoisotopic (exact) mass is 554 g/mol. The molecule has 0 bridgehead atoms. The lowest BCUT2D eigenvalue weighted by atomic mass is 9.50. The van der Waals surface area contributed by atoms with Crippen LogP contribution in [0.15, 0.2) is 84.0 Å². The van der Waals surface area contributed by atoms with Gasteiger partial charge in [-0.2, -0.15) is 0 Å². The highest BCUT2D eigenvalue weighted by Gasteiger charge is 2.60. The van der Waals surface area contributed by atoms with Crippen molar-refractivity contribution in [2.24, 2.45) is 28.6 Å². The molecule has 0 radical (unpaired) electrons. The second kappa shape index (κ2) is 10.7. The summed E-state index contributed by atoms with van der Waals surface area (Å²) in [6.07, 6.45) is 9.41. The predicted octanol–water partition coefficient (Wildman–Crippen LogP) is 7.06. The van der Waals surface area contributed by atoms with E-state index in [2.05, 4.69) is 108 Å². The number of carbonyl (C=O) groups is 2. The standard InChI is InChI=1S/C36H46O3Si/c1-26(2)30-19-20-36(22-21-35(6)31(33(30)36)18-17-27(24-37)23-32(35)38)25-39-40(34(3,4)5,28-13-9-7-10-14-28)29-15-11-8-12-16-29/h7-16,19,23-24,26,31,33H,17-18,20-22,25H2,1-6H3/t31-,33+,35-,36-/m1/s1. The van der Waals surface area contributed by atoms with Crippen molar-refractivity contribution in [3.05, 3.63) is 84.0 Å². The Balaban J connectivity index is 1.59. The summed E-state index contributed by atoms with van der Waals surface area (Å²) in [5.74, 6) is 1.06. The Morgan fingerprint density at radius 3 is 2.12 bits per heavy atom. The highest BCUT2D eigenvalue weighted by atomic mass is 28.4. The van der Waals surface area contributed by atoms with E-state index in [-0.39, 0.29) is 28.1 Å². The molecule has 1 fully saturated rings. The summed E-state index contributed by atoms with van der Waals surface area (Å²) in [5, 5.41) is 2.53. The number of hydrogen-bond donors (Lipinski definition) is 0. The van der Waals surface area contributed by atoms with Crippen molar-refractivity contribution in [1.82, 2.24) is 0 Å². The molecule has 212 valence electrons. The number of ketones is 1. The van der Waals surface area contributed by atoms with Gasteiger partial charge in [0.15, 0.2) is 5.78 Å². The van der Waals surface area contributed by atoms with E-state index in [1.807, 2.05) is 0 Å². The zero-order valence-corrected chi connectivity index (χ0v) is 26.2. The number of aldehydes is 1. The second-order valence-corrected chi connectivity index (χ2v) is 18.4. The molecule has 4 heteroatoms. The van der Waals surface area contributed by atoms with Crippen molar-refractivity contribution in [3.8, 4) is 0 Å². The number of allylic oxidation sites excluding steroid dienone is 4. The van der Waals surface area contributed by atoms with Crippen LogP contribution in [0.4, 0.5) is 0 Å². The van der Waals surface area contributed by atoms with Crippen LogP contribution in [0.25, 0.3) is 0 Å². The zero-order chi connectivity index (χ0) is 28.8. The molecule has 2 aromatic rings. The van der Waals surface area contributed by atoms with Crippen LogP contribution in [0.1, 0.15) is 73.6 Å². The highest BCUT2D eigenvalue weighted by Crippen LogP contribution is 2.63. The van der Waals surface area contributed by atoms with Gasteiger partial charge in [-0.15, -0.1) is 0 Å². The van der Waals surface area contributed by atoms with Crippen LogP contribution < -0.4 is 10.4 Å². The van der Waals surface area contributed by atoms with Crippen LogP contribution in [-0.2, 0) is 14.0 Å². The molecule has 0 spiro atoms. The zero-order valence-electron chi connectivity index (χ0n) is 25.2. The third kappa shape index (κ3) is 4.61. The molecule has 0 saturated heterocycles. The van der Waals surface area contributed by atoms with Crippen molar-refractivity contribution in [2.45, 2.75) is 78.7 Å². The van der Waals surface area contributed by atoms with Gasteiger partial charge in [-0.05, 0) is 76.9 Å². The molecule has 3 aliphatic carbocycles. The molecule has 0 amide bonds. The lowest BCUT2D eigenvalue weighted by Gasteiger charge is -2.55. The molecule has 4 atom stereocenters. The molecular weight excluding hydrogens is 508 g/mol. The topological polar surface area (TPSA) is 43.4 Å². The summed E-state index contributed by atoms with van der Waals surface area (Å²) >= 11 is 0. The van der Waals surface area contributed by atoms with Gasteiger partial charge in [-0.25, -0.2) is 0 Å². The fourth-order valence-corrected chi connectivity index (χ4v) is 13.0. The van der Waals surface area contributed by atoms with E-state index in [9.17, 15) is 9.59 Å². The van der Waals surface area contributed by atoms with Gasteiger partial charge in [0.05, 0.1) is 0 Å². The second-order valence-electron chi connectivity index (χ2n) is 14.1. The van der Waals surface area contributed by atoms with E-state index in [1.165, 1.54) is 15.9 Å². The summed E-state index contributed by atoms with van der Waals surface area (Å²) in [6.45, 7) is 14.5. The SMILES string of the molecule is CC(C)C1=CC[C@]2(CO[Si](c3ccccc3)(c3ccccc3)C(C)(C)C)CC[C@@]3(C)C(=O)C=C(C=O)CC[C@@H]3[C@H]12. The molecule has 2 aromatic carbocycles. The Hall–Kier alpha value is -2.56. The lowest BCUT2D eigenvalue weighted by Crippen LogP contribution is -2.67. The third-order valence-electron chi connectivity index (χ3n) is 10.6. The first-order valence-electron chi connectivity index (χ1n) is 15.1. The summed E-state index contributed by atoms with van der Waals surface area (Å²) in [5.41, 5.74) is 1.67. The van der Waals surface area contributed by atoms with Crippen molar-refractivity contribution in [1.29, 1.82) is 0 Å². The van der Waals surface area contributed by atoms with Gasteiger partial charge >= 0.3 is 0 Å². The molecule has 5 rings (SSSR count). The molecule has 0 unspecified atom stereocenters. The van der Waals surface area contributed by atoms with Crippen LogP contribution in [-0.4, -0.2) is 27.0 Å². The fraction of sp³-hybridized carbons (Fsp3) is 0.500. The van der Waals surface area contributed by atoms with Crippen molar-refractivity contribution in [3.63, 3.8) is 0 Å². The molecule has 3 nitrogen and oxygen atoms in total. The minimum atomic E-state index is -2.70. The predicted molar refractivity (Wildman–Crippen MR) is 166 cm³/mol. The molecule has 0 N–H and O–H groups in total. The van der Waals surface area contributed by atoms with Crippen LogP contribution in [0.3, 0.4) is 0 Å². The maximum absolute atomic E-state index is 13.6. The molecule has 0 aromatic heterocycles. The number of fused-ring (bicyclic) bond motifs is 3. The Morgan fingerprint density at radius 1 is 1.00 bits per heavy atom. The minimum Gasteiger partial charge on any atom is -0.407 e. The summed E-state index contributed by atoms with van der Waals surface area (Å²) in [6, 6.07) is 21.8. The van der Waals surface area contributed by atoms with E-state index in [0.29, 0.717) is 24.5 Å². The van der Waals surface area contributed by atoms with E-state index < -0.39 is 13.7 Å². The summed E-state index contributed by atoms with van der Waals surface area (Å²) in [4.78, 5) is 25.4. The smallest absolute Gasteiger partial charge is 0.261 e. The van der Waals surface area contributed by atoms with E-state index in [0.717, 1.165) is 32.0 Å². The normalized spacial score (nSPS) is 28.8. The van der Waals surface area contributed by atoms with Crippen molar-refractivity contribution in [2.75, 3.05) is 6.61 Å². The quantitative estimate of drug-likeness (QED) is 0.209. The van der Waals surface area contributed by atoms with Gasteiger partial charge < -0.3 is 4.43 Å². The van der Waals surface area contributed by atoms with Crippen molar-refractivity contribution >= 4 is 30.8 Å². The Bertz CT molecular complexity index is 1260. The van der Waals surface area contributed by atoms with Crippen LogP contribution in [0.2, 0.25) is 5.04 Å². The largest absolute Gasteiger partial charge is 0.407 e. The van der Waals surface area contributed by atoms with Gasteiger partial charge in [-0.3, -0.25) is 9.59 Å². The van der Waals surface area contributed by atoms with Gasteiger partial charge in [0, 0.05) is 17.4 Å². The first-order valence-corrected chi connectivity index (χ1v) is 17.0. The van der Waals surface area contributed by atoms with Gasteiger partial charge in [0.1, 0.15) is 6.29 Å². The van der Waals surface area contributed by atoms with Gasteiger partial charge in [0.25, 0.3) is 8.32 Å². The van der Waals surface area contributed by atoms with Crippen molar-refractivity contribution < 1.29 is 14.0 Å². The average Bonchev–Trinajstić information content (AvgIpc) is 3.26. The molecule has 40 heavy (non-hydrogen) atoms. The average molecular weight is 555 g/mol. The summed E-state index contributed by atoms with van der Waals surface area (Å²) in [7, 11) is -2.70. The summed E-state index contributed by atoms with van der Waals surface area (Å²) < 4.78 is 7.60.